The first-order valence-corrected chi connectivity index (χ1v) is 28.1. The molecule has 0 unspecified atom stereocenters. The largest absolute Gasteiger partial charge is 0.311 e. The third-order valence-corrected chi connectivity index (χ3v) is 18.2. The Balaban J connectivity index is 1.05. The van der Waals surface area contributed by atoms with E-state index in [0.29, 0.717) is 0 Å². The summed E-state index contributed by atoms with van der Waals surface area (Å²) in [5.74, 6) is 0. The highest BCUT2D eigenvalue weighted by Gasteiger charge is 2.53. The smallest absolute Gasteiger partial charge is 0.252 e. The Bertz CT molecular complexity index is 4380. The van der Waals surface area contributed by atoms with Crippen LogP contribution in [0.1, 0.15) is 5.56 Å². The molecular formula is C71H47B2N5S. The van der Waals surface area contributed by atoms with Crippen molar-refractivity contribution < 1.29 is 0 Å². The molecule has 0 spiro atoms. The molecule has 11 aromatic carbocycles. The van der Waals surface area contributed by atoms with E-state index >= 15 is 0 Å². The summed E-state index contributed by atoms with van der Waals surface area (Å²) < 4.78 is 0. The van der Waals surface area contributed by atoms with Gasteiger partial charge in [-0.25, -0.2) is 0 Å². The van der Waals surface area contributed by atoms with Crippen LogP contribution in [0.15, 0.2) is 267 Å². The van der Waals surface area contributed by atoms with E-state index in [1.165, 1.54) is 116 Å². The Labute approximate surface area is 464 Å². The minimum Gasteiger partial charge on any atom is -0.311 e. The molecule has 0 bridgehead atoms. The van der Waals surface area contributed by atoms with Crippen LogP contribution < -0.4 is 57.3 Å². The van der Waals surface area contributed by atoms with Gasteiger partial charge in [0.1, 0.15) is 0 Å². The Hall–Kier alpha value is -9.75. The first-order valence-electron chi connectivity index (χ1n) is 27.3. The predicted octanol–water partition coefficient (Wildman–Crippen LogP) is 15.3. The summed E-state index contributed by atoms with van der Waals surface area (Å²) in [5.41, 5.74) is 29.0. The van der Waals surface area contributed by atoms with Crippen molar-refractivity contribution in [2.75, 3.05) is 24.5 Å². The molecule has 8 heteroatoms. The molecule has 1 aromatic heterocycles. The summed E-state index contributed by atoms with van der Waals surface area (Å²) in [6.45, 7) is 2.15. The number of thiophene rings is 1. The van der Waals surface area contributed by atoms with Crippen LogP contribution in [0.5, 0.6) is 0 Å². The molecule has 0 fully saturated rings. The van der Waals surface area contributed by atoms with Crippen LogP contribution in [0.3, 0.4) is 0 Å². The summed E-state index contributed by atoms with van der Waals surface area (Å²) in [6.07, 6.45) is 0. The van der Waals surface area contributed by atoms with E-state index in [0.717, 1.165) is 28.4 Å². The molecular weight excluding hydrogens is 977 g/mol. The summed E-state index contributed by atoms with van der Waals surface area (Å²) in [4.78, 5) is 15.4. The van der Waals surface area contributed by atoms with Crippen LogP contribution in [0.2, 0.25) is 0 Å². The normalized spacial score (nSPS) is 13.5. The molecule has 0 N–H and O–H groups in total. The van der Waals surface area contributed by atoms with Crippen LogP contribution in [0.25, 0.3) is 20.9 Å². The highest BCUT2D eigenvalue weighted by Crippen LogP contribution is 2.65. The van der Waals surface area contributed by atoms with Gasteiger partial charge in [0.2, 0.25) is 0 Å². The second-order valence-electron chi connectivity index (χ2n) is 21.2. The highest BCUT2D eigenvalue weighted by atomic mass is 32.1. The second-order valence-corrected chi connectivity index (χ2v) is 22.3. The third kappa shape index (κ3) is 6.35. The van der Waals surface area contributed by atoms with Crippen LogP contribution in [-0.4, -0.2) is 13.4 Å². The van der Waals surface area contributed by atoms with Gasteiger partial charge in [0.25, 0.3) is 13.4 Å². The lowest BCUT2D eigenvalue weighted by Gasteiger charge is -2.52. The van der Waals surface area contributed by atoms with E-state index in [4.69, 9.17) is 0 Å². The molecule has 79 heavy (non-hydrogen) atoms. The Morgan fingerprint density at radius 2 is 0.658 bits per heavy atom. The summed E-state index contributed by atoms with van der Waals surface area (Å²) >= 11 is 1.91. The average Bonchev–Trinajstić information content (AvgIpc) is 2.80. The standard InChI is InChI=1S/C71H47B2N5S/c1-46-42-60-64-61(43-46)77-66-56(72(64)54-36-20-22-38-58(54)75(60)51-32-16-6-17-33-51)40-41-57-67(66)78(69-68(77)70(47-24-8-2-9-25-47)79-71(69)48-26-10-3-11-27-48)63-45-53(74(49-28-12-4-13-29-49)50-30-14-5-15-31-50)44-62-65(63)73(57)55-37-21-23-39-59(55)76(62)52-34-18-7-19-35-52/h2-45H,1H3. The van der Waals surface area contributed by atoms with Crippen LogP contribution in [0.4, 0.5) is 85.3 Å². The summed E-state index contributed by atoms with van der Waals surface area (Å²) in [5, 5.41) is 0. The van der Waals surface area contributed by atoms with Crippen molar-refractivity contribution in [3.8, 4) is 20.9 Å². The SMILES string of the molecule is Cc1cc2c3c(c1)N1c4c(ccc5c4N(c4cc(N(c6ccccc6)c6ccccc6)cc6c4B5c4ccccc4N6c4ccccc4)c4c(-c5ccccc5)sc(-c5ccccc5)c41)B3c1ccccc1N2c1ccccc1. The van der Waals surface area contributed by atoms with Crippen LogP contribution in [-0.2, 0) is 0 Å². The fourth-order valence-corrected chi connectivity index (χ4v) is 15.2. The minimum absolute atomic E-state index is 0.0451. The molecule has 0 saturated heterocycles. The van der Waals surface area contributed by atoms with Crippen molar-refractivity contribution >= 4 is 143 Å². The molecule has 6 heterocycles. The van der Waals surface area contributed by atoms with Crippen molar-refractivity contribution in [2.45, 2.75) is 6.92 Å². The summed E-state index contributed by atoms with van der Waals surface area (Å²) in [6, 6.07) is 99.3. The molecule has 12 aromatic rings. The van der Waals surface area contributed by atoms with Crippen molar-refractivity contribution in [1.29, 1.82) is 0 Å². The van der Waals surface area contributed by atoms with Crippen molar-refractivity contribution in [3.05, 3.63) is 272 Å². The molecule has 0 atom stereocenters. The number of benzene rings is 11. The predicted molar refractivity (Wildman–Crippen MR) is 336 cm³/mol. The van der Waals surface area contributed by atoms with Gasteiger partial charge >= 0.3 is 0 Å². The third-order valence-electron chi connectivity index (χ3n) is 16.9. The van der Waals surface area contributed by atoms with E-state index in [-0.39, 0.29) is 13.4 Å². The second kappa shape index (κ2) is 17.1. The van der Waals surface area contributed by atoms with Gasteiger partial charge in [-0.1, -0.05) is 182 Å². The number of rotatable bonds is 7. The van der Waals surface area contributed by atoms with Gasteiger partial charge in [0, 0.05) is 56.9 Å². The number of anilines is 15. The summed E-state index contributed by atoms with van der Waals surface area (Å²) in [7, 11) is 0. The van der Waals surface area contributed by atoms with Gasteiger partial charge in [0.05, 0.1) is 38.2 Å². The zero-order valence-corrected chi connectivity index (χ0v) is 44.0. The van der Waals surface area contributed by atoms with E-state index in [9.17, 15) is 0 Å². The minimum atomic E-state index is -0.0915. The zero-order valence-electron chi connectivity index (χ0n) is 43.2. The van der Waals surface area contributed by atoms with E-state index in [2.05, 4.69) is 298 Å². The molecule has 0 saturated carbocycles. The number of hydrogen-bond donors (Lipinski definition) is 0. The van der Waals surface area contributed by atoms with Crippen molar-refractivity contribution in [1.82, 2.24) is 0 Å². The Morgan fingerprint density at radius 3 is 1.10 bits per heavy atom. The topological polar surface area (TPSA) is 16.2 Å². The van der Waals surface area contributed by atoms with Gasteiger partial charge in [0.15, 0.2) is 0 Å². The Kier molecular flexibility index (Phi) is 9.62. The maximum Gasteiger partial charge on any atom is 0.252 e. The first kappa shape index (κ1) is 44.4. The molecule has 5 aliphatic rings. The molecule has 0 radical (unpaired) electrons. The fourth-order valence-electron chi connectivity index (χ4n) is 13.9. The van der Waals surface area contributed by atoms with Gasteiger partial charge in [-0.3, -0.25) is 0 Å². The monoisotopic (exact) mass is 1020 g/mol. The van der Waals surface area contributed by atoms with Gasteiger partial charge in [-0.2, -0.15) is 0 Å². The molecule has 368 valence electrons. The number of fused-ring (bicyclic) bond motifs is 11. The fraction of sp³-hybridized carbons (Fsp3) is 0.0141. The number of aryl methyl sites for hydroxylation is 1. The molecule has 0 aliphatic carbocycles. The first-order chi connectivity index (χ1) is 39.2. The van der Waals surface area contributed by atoms with Crippen LogP contribution >= 0.6 is 11.3 Å². The Morgan fingerprint density at radius 1 is 0.304 bits per heavy atom. The van der Waals surface area contributed by atoms with Gasteiger partial charge < -0.3 is 24.5 Å². The molecule has 5 aliphatic heterocycles. The van der Waals surface area contributed by atoms with Gasteiger partial charge in [-0.05, 0) is 141 Å². The lowest BCUT2D eigenvalue weighted by Crippen LogP contribution is -2.65. The number of nitrogens with zero attached hydrogens (tertiary/aromatic N) is 5. The van der Waals surface area contributed by atoms with E-state index in [1.807, 2.05) is 11.3 Å². The number of para-hydroxylation sites is 6. The van der Waals surface area contributed by atoms with E-state index in [1.54, 1.807) is 0 Å². The molecule has 0 amide bonds. The van der Waals surface area contributed by atoms with Crippen molar-refractivity contribution in [2.24, 2.45) is 0 Å². The zero-order chi connectivity index (χ0) is 51.9. The molecule has 5 nitrogen and oxygen atoms in total. The number of hydrogen-bond acceptors (Lipinski definition) is 6. The maximum absolute atomic E-state index is 2.74. The van der Waals surface area contributed by atoms with Crippen molar-refractivity contribution in [3.63, 3.8) is 0 Å². The lowest BCUT2D eigenvalue weighted by molar-refractivity contribution is 1.17. The highest BCUT2D eigenvalue weighted by molar-refractivity contribution is 7.20. The lowest BCUT2D eigenvalue weighted by atomic mass is 9.31. The quantitative estimate of drug-likeness (QED) is 0.147. The molecule has 17 rings (SSSR count). The maximum atomic E-state index is 2.74. The average molecular weight is 1020 g/mol. The van der Waals surface area contributed by atoms with E-state index < -0.39 is 0 Å². The van der Waals surface area contributed by atoms with Gasteiger partial charge in [-0.15, -0.1) is 11.3 Å². The van der Waals surface area contributed by atoms with Crippen LogP contribution in [0, 0.1) is 6.92 Å².